The summed E-state index contributed by atoms with van der Waals surface area (Å²) in [6, 6.07) is 11.8. The molecule has 2 aromatic rings. The first-order chi connectivity index (χ1) is 9.72. The number of aromatic nitrogens is 1. The predicted octanol–water partition coefficient (Wildman–Crippen LogP) is 4.13. The lowest BCUT2D eigenvalue weighted by Gasteiger charge is -2.20. The summed E-state index contributed by atoms with van der Waals surface area (Å²) in [7, 11) is 0. The Labute approximate surface area is 125 Å². The van der Waals surface area contributed by atoms with Crippen LogP contribution in [0.3, 0.4) is 0 Å². The molecular weight excluding hydrogens is 264 g/mol. The molecule has 1 N–H and O–H groups in total. The van der Waals surface area contributed by atoms with Crippen molar-refractivity contribution in [1.29, 1.82) is 0 Å². The third-order valence-electron chi connectivity index (χ3n) is 4.05. The van der Waals surface area contributed by atoms with E-state index in [9.17, 15) is 0 Å². The van der Waals surface area contributed by atoms with E-state index in [0.29, 0.717) is 12.0 Å². The van der Waals surface area contributed by atoms with Gasteiger partial charge in [0.15, 0.2) is 0 Å². The first-order valence-electron chi connectivity index (χ1n) is 7.48. The molecule has 2 nitrogen and oxygen atoms in total. The SMILES string of the molecule is CC(Cc1nc(-c2ccccc2)cs1)C(C)NC1CC1. The number of hydrogen-bond donors (Lipinski definition) is 1. The van der Waals surface area contributed by atoms with Crippen molar-refractivity contribution in [1.82, 2.24) is 10.3 Å². The lowest BCUT2D eigenvalue weighted by Crippen LogP contribution is -2.34. The molecule has 1 heterocycles. The molecule has 1 aliphatic carbocycles. The number of hydrogen-bond acceptors (Lipinski definition) is 3. The number of rotatable bonds is 6. The van der Waals surface area contributed by atoms with Gasteiger partial charge in [0.05, 0.1) is 10.7 Å². The first-order valence-corrected chi connectivity index (χ1v) is 8.36. The second-order valence-electron chi connectivity index (χ2n) is 5.90. The number of nitrogens with one attached hydrogen (secondary N) is 1. The van der Waals surface area contributed by atoms with Crippen molar-refractivity contribution < 1.29 is 0 Å². The molecule has 1 aromatic heterocycles. The summed E-state index contributed by atoms with van der Waals surface area (Å²) < 4.78 is 0. The molecule has 0 saturated heterocycles. The third-order valence-corrected chi connectivity index (χ3v) is 4.92. The molecule has 3 rings (SSSR count). The summed E-state index contributed by atoms with van der Waals surface area (Å²) in [6.07, 6.45) is 3.78. The largest absolute Gasteiger partial charge is 0.311 e. The van der Waals surface area contributed by atoms with E-state index in [0.717, 1.165) is 18.2 Å². The highest BCUT2D eigenvalue weighted by molar-refractivity contribution is 7.09. The normalized spacial score (nSPS) is 17.9. The molecule has 1 aliphatic rings. The van der Waals surface area contributed by atoms with Crippen molar-refractivity contribution >= 4 is 11.3 Å². The Morgan fingerprint density at radius 1 is 1.25 bits per heavy atom. The summed E-state index contributed by atoms with van der Waals surface area (Å²) in [6.45, 7) is 4.62. The quantitative estimate of drug-likeness (QED) is 0.863. The van der Waals surface area contributed by atoms with Gasteiger partial charge in [0.1, 0.15) is 0 Å². The molecule has 0 bridgehead atoms. The summed E-state index contributed by atoms with van der Waals surface area (Å²) in [5.74, 6) is 0.630. The minimum atomic E-state index is 0.576. The maximum absolute atomic E-state index is 4.79. The van der Waals surface area contributed by atoms with Crippen LogP contribution < -0.4 is 5.32 Å². The lowest BCUT2D eigenvalue weighted by molar-refractivity contribution is 0.395. The second kappa shape index (κ2) is 6.06. The zero-order chi connectivity index (χ0) is 13.9. The average molecular weight is 286 g/mol. The van der Waals surface area contributed by atoms with E-state index in [2.05, 4.69) is 48.8 Å². The van der Waals surface area contributed by atoms with Crippen LogP contribution >= 0.6 is 11.3 Å². The van der Waals surface area contributed by atoms with Crippen LogP contribution in [-0.2, 0) is 6.42 Å². The average Bonchev–Trinajstić information content (AvgIpc) is 3.16. The Balaban J connectivity index is 1.61. The molecule has 1 fully saturated rings. The van der Waals surface area contributed by atoms with Crippen molar-refractivity contribution in [3.63, 3.8) is 0 Å². The Morgan fingerprint density at radius 3 is 2.70 bits per heavy atom. The van der Waals surface area contributed by atoms with Crippen molar-refractivity contribution in [2.45, 2.75) is 45.2 Å². The fourth-order valence-electron chi connectivity index (χ4n) is 2.38. The van der Waals surface area contributed by atoms with Crippen LogP contribution in [0, 0.1) is 5.92 Å². The Hall–Kier alpha value is -1.19. The Bertz CT molecular complexity index is 545. The van der Waals surface area contributed by atoms with Crippen molar-refractivity contribution in [3.05, 3.63) is 40.7 Å². The van der Waals surface area contributed by atoms with E-state index < -0.39 is 0 Å². The molecule has 3 heteroatoms. The van der Waals surface area contributed by atoms with Gasteiger partial charge in [0.25, 0.3) is 0 Å². The highest BCUT2D eigenvalue weighted by Crippen LogP contribution is 2.25. The lowest BCUT2D eigenvalue weighted by atomic mass is 10.00. The van der Waals surface area contributed by atoms with E-state index in [1.54, 1.807) is 11.3 Å². The molecule has 106 valence electrons. The standard InChI is InChI=1S/C17H22N2S/c1-12(13(2)18-15-8-9-15)10-17-19-16(11-20-17)14-6-4-3-5-7-14/h3-7,11-13,15,18H,8-10H2,1-2H3. The molecule has 2 unspecified atom stereocenters. The number of benzene rings is 1. The van der Waals surface area contributed by atoms with Gasteiger partial charge in [-0.3, -0.25) is 0 Å². The Kier molecular flexibility index (Phi) is 4.18. The van der Waals surface area contributed by atoms with Gasteiger partial charge in [-0.25, -0.2) is 4.98 Å². The van der Waals surface area contributed by atoms with Gasteiger partial charge >= 0.3 is 0 Å². The van der Waals surface area contributed by atoms with Crippen LogP contribution in [0.25, 0.3) is 11.3 Å². The second-order valence-corrected chi connectivity index (χ2v) is 6.85. The zero-order valence-corrected chi connectivity index (χ0v) is 13.0. The molecule has 20 heavy (non-hydrogen) atoms. The van der Waals surface area contributed by atoms with E-state index >= 15 is 0 Å². The van der Waals surface area contributed by atoms with Crippen LogP contribution in [0.1, 0.15) is 31.7 Å². The molecule has 2 atom stereocenters. The van der Waals surface area contributed by atoms with Crippen LogP contribution in [0.15, 0.2) is 35.7 Å². The van der Waals surface area contributed by atoms with Crippen LogP contribution in [0.4, 0.5) is 0 Å². The van der Waals surface area contributed by atoms with E-state index in [1.165, 1.54) is 23.4 Å². The van der Waals surface area contributed by atoms with Gasteiger partial charge in [-0.1, -0.05) is 37.3 Å². The van der Waals surface area contributed by atoms with Crippen molar-refractivity contribution in [3.8, 4) is 11.3 Å². The fourth-order valence-corrected chi connectivity index (χ4v) is 3.33. The van der Waals surface area contributed by atoms with Gasteiger partial charge in [0.2, 0.25) is 0 Å². The third kappa shape index (κ3) is 3.47. The maximum atomic E-state index is 4.79. The molecular formula is C17H22N2S. The van der Waals surface area contributed by atoms with Gasteiger partial charge in [-0.15, -0.1) is 11.3 Å². The van der Waals surface area contributed by atoms with E-state index in [1.807, 2.05) is 6.07 Å². The van der Waals surface area contributed by atoms with Crippen LogP contribution in [0.5, 0.6) is 0 Å². The maximum Gasteiger partial charge on any atom is 0.0935 e. The van der Waals surface area contributed by atoms with Crippen LogP contribution in [0.2, 0.25) is 0 Å². The summed E-state index contributed by atoms with van der Waals surface area (Å²) >= 11 is 1.79. The van der Waals surface area contributed by atoms with Crippen molar-refractivity contribution in [2.24, 2.45) is 5.92 Å². The van der Waals surface area contributed by atoms with E-state index in [-0.39, 0.29) is 0 Å². The molecule has 0 aliphatic heterocycles. The van der Waals surface area contributed by atoms with Gasteiger partial charge in [0, 0.05) is 29.4 Å². The highest BCUT2D eigenvalue weighted by atomic mass is 32.1. The molecule has 0 amide bonds. The predicted molar refractivity (Wildman–Crippen MR) is 86.0 cm³/mol. The molecule has 1 aromatic carbocycles. The minimum Gasteiger partial charge on any atom is -0.311 e. The molecule has 1 saturated carbocycles. The smallest absolute Gasteiger partial charge is 0.0935 e. The van der Waals surface area contributed by atoms with Crippen molar-refractivity contribution in [2.75, 3.05) is 0 Å². The fraction of sp³-hybridized carbons (Fsp3) is 0.471. The van der Waals surface area contributed by atoms with Gasteiger partial charge in [-0.2, -0.15) is 0 Å². The number of thiazole rings is 1. The highest BCUT2D eigenvalue weighted by Gasteiger charge is 2.25. The zero-order valence-electron chi connectivity index (χ0n) is 12.2. The monoisotopic (exact) mass is 286 g/mol. The van der Waals surface area contributed by atoms with E-state index in [4.69, 9.17) is 4.98 Å². The topological polar surface area (TPSA) is 24.9 Å². The van der Waals surface area contributed by atoms with Gasteiger partial charge < -0.3 is 5.32 Å². The molecule has 0 spiro atoms. The Morgan fingerprint density at radius 2 is 2.00 bits per heavy atom. The van der Waals surface area contributed by atoms with Crippen LogP contribution in [-0.4, -0.2) is 17.1 Å². The molecule has 0 radical (unpaired) electrons. The first kappa shape index (κ1) is 13.8. The summed E-state index contributed by atoms with van der Waals surface area (Å²) in [5, 5.41) is 7.12. The van der Waals surface area contributed by atoms with Gasteiger partial charge in [-0.05, 0) is 25.7 Å². The summed E-state index contributed by atoms with van der Waals surface area (Å²) in [5.41, 5.74) is 2.33. The number of nitrogens with zero attached hydrogens (tertiary/aromatic N) is 1. The summed E-state index contributed by atoms with van der Waals surface area (Å²) in [4.78, 5) is 4.79. The minimum absolute atomic E-state index is 0.576.